The highest BCUT2D eigenvalue weighted by atomic mass is 79.9. The molecule has 0 amide bonds. The fraction of sp³-hybridized carbons (Fsp3) is 0.167. The summed E-state index contributed by atoms with van der Waals surface area (Å²) in [7, 11) is 0. The van der Waals surface area contributed by atoms with E-state index in [0.717, 1.165) is 27.4 Å². The van der Waals surface area contributed by atoms with Crippen molar-refractivity contribution < 1.29 is 9.53 Å². The Morgan fingerprint density at radius 3 is 3.06 bits per heavy atom. The molecule has 16 heavy (non-hydrogen) atoms. The zero-order chi connectivity index (χ0) is 11.1. The quantitative estimate of drug-likeness (QED) is 0.695. The lowest BCUT2D eigenvalue weighted by molar-refractivity contribution is 0.0472. The van der Waals surface area contributed by atoms with Gasteiger partial charge in [0.05, 0.1) is 12.1 Å². The molecule has 0 saturated carbocycles. The molecule has 1 aliphatic rings. The summed E-state index contributed by atoms with van der Waals surface area (Å²) >= 11 is 3.42. The molecule has 0 N–H and O–H groups in total. The number of pyridine rings is 1. The van der Waals surface area contributed by atoms with Crippen molar-refractivity contribution in [2.24, 2.45) is 0 Å². The first-order valence-corrected chi connectivity index (χ1v) is 5.80. The van der Waals surface area contributed by atoms with Gasteiger partial charge in [0.15, 0.2) is 5.69 Å². The molecular formula is C12H8BrNO2. The average molecular weight is 278 g/mol. The van der Waals surface area contributed by atoms with Crippen LogP contribution >= 0.6 is 15.9 Å². The lowest BCUT2D eigenvalue weighted by Gasteiger charge is -2.15. The number of fused-ring (bicyclic) bond motifs is 2. The number of aromatic nitrogens is 1. The van der Waals surface area contributed by atoms with Crippen LogP contribution in [0.2, 0.25) is 0 Å². The number of cyclic esters (lactones) is 1. The molecule has 0 fully saturated rings. The summed E-state index contributed by atoms with van der Waals surface area (Å²) in [6.07, 6.45) is 0.747. The first-order chi connectivity index (χ1) is 7.74. The molecule has 3 rings (SSSR count). The van der Waals surface area contributed by atoms with E-state index in [1.165, 1.54) is 0 Å². The van der Waals surface area contributed by atoms with Gasteiger partial charge in [-0.1, -0.05) is 15.9 Å². The monoisotopic (exact) mass is 277 g/mol. The van der Waals surface area contributed by atoms with Gasteiger partial charge in [0.2, 0.25) is 0 Å². The summed E-state index contributed by atoms with van der Waals surface area (Å²) in [5, 5.41) is 1.04. The second kappa shape index (κ2) is 3.56. The highest BCUT2D eigenvalue weighted by Gasteiger charge is 2.20. The summed E-state index contributed by atoms with van der Waals surface area (Å²) in [6, 6.07) is 7.82. The van der Waals surface area contributed by atoms with Crippen molar-refractivity contribution in [1.82, 2.24) is 4.98 Å². The summed E-state index contributed by atoms with van der Waals surface area (Å²) in [6.45, 7) is 0.451. The maximum absolute atomic E-state index is 11.5. The molecule has 0 aliphatic carbocycles. The predicted octanol–water partition coefficient (Wildman–Crippen LogP) is 2.71. The third-order valence-corrected chi connectivity index (χ3v) is 3.15. The predicted molar refractivity (Wildman–Crippen MR) is 63.4 cm³/mol. The normalized spacial score (nSPS) is 14.7. The van der Waals surface area contributed by atoms with Crippen LogP contribution in [-0.2, 0) is 11.2 Å². The van der Waals surface area contributed by atoms with Crippen LogP contribution in [0.3, 0.4) is 0 Å². The second-order valence-electron chi connectivity index (χ2n) is 3.72. The fourth-order valence-corrected chi connectivity index (χ4v) is 2.26. The number of benzene rings is 1. The fourth-order valence-electron chi connectivity index (χ4n) is 1.88. The van der Waals surface area contributed by atoms with Gasteiger partial charge >= 0.3 is 5.97 Å². The number of esters is 1. The molecule has 0 bridgehead atoms. The van der Waals surface area contributed by atoms with Crippen LogP contribution in [0.25, 0.3) is 10.9 Å². The zero-order valence-corrected chi connectivity index (χ0v) is 9.95. The molecule has 1 aromatic heterocycles. The Morgan fingerprint density at radius 1 is 1.31 bits per heavy atom. The molecule has 2 heterocycles. The van der Waals surface area contributed by atoms with Gasteiger partial charge in [-0.3, -0.25) is 0 Å². The summed E-state index contributed by atoms with van der Waals surface area (Å²) in [5.41, 5.74) is 2.25. The molecule has 4 heteroatoms. The van der Waals surface area contributed by atoms with Crippen LogP contribution in [-0.4, -0.2) is 17.6 Å². The number of carbonyl (C=O) groups excluding carboxylic acids is 1. The van der Waals surface area contributed by atoms with Crippen LogP contribution in [0.15, 0.2) is 28.7 Å². The van der Waals surface area contributed by atoms with Crippen molar-refractivity contribution in [2.75, 3.05) is 6.61 Å². The highest BCUT2D eigenvalue weighted by molar-refractivity contribution is 9.10. The van der Waals surface area contributed by atoms with Crippen molar-refractivity contribution in [3.05, 3.63) is 40.0 Å². The lowest BCUT2D eigenvalue weighted by Crippen LogP contribution is -2.19. The van der Waals surface area contributed by atoms with Gasteiger partial charge in [0.1, 0.15) is 0 Å². The van der Waals surface area contributed by atoms with E-state index in [-0.39, 0.29) is 5.97 Å². The lowest BCUT2D eigenvalue weighted by atomic mass is 10.1. The Kier molecular flexibility index (Phi) is 2.17. The smallest absolute Gasteiger partial charge is 0.357 e. The van der Waals surface area contributed by atoms with Crippen molar-refractivity contribution in [3.63, 3.8) is 0 Å². The van der Waals surface area contributed by atoms with Gasteiger partial charge in [-0.25, -0.2) is 9.78 Å². The maximum Gasteiger partial charge on any atom is 0.357 e. The number of hydrogen-bond acceptors (Lipinski definition) is 3. The largest absolute Gasteiger partial charge is 0.461 e. The highest BCUT2D eigenvalue weighted by Crippen LogP contribution is 2.23. The van der Waals surface area contributed by atoms with E-state index in [9.17, 15) is 4.79 Å². The van der Waals surface area contributed by atoms with E-state index in [2.05, 4.69) is 20.9 Å². The van der Waals surface area contributed by atoms with E-state index in [1.807, 2.05) is 24.3 Å². The number of ether oxygens (including phenoxy) is 1. The number of hydrogen-bond donors (Lipinski definition) is 0. The minimum absolute atomic E-state index is 0.314. The van der Waals surface area contributed by atoms with Crippen molar-refractivity contribution >= 4 is 32.8 Å². The molecule has 0 atom stereocenters. The molecule has 0 unspecified atom stereocenters. The molecule has 0 saturated heterocycles. The first-order valence-electron chi connectivity index (χ1n) is 5.00. The zero-order valence-electron chi connectivity index (χ0n) is 8.37. The Morgan fingerprint density at radius 2 is 2.19 bits per heavy atom. The second-order valence-corrected chi connectivity index (χ2v) is 4.63. The first kappa shape index (κ1) is 9.78. The molecule has 1 aromatic carbocycles. The van der Waals surface area contributed by atoms with Crippen LogP contribution in [0.4, 0.5) is 0 Å². The van der Waals surface area contributed by atoms with Gasteiger partial charge in [0.25, 0.3) is 0 Å². The Labute approximate surface area is 101 Å². The third kappa shape index (κ3) is 1.50. The minimum atomic E-state index is -0.314. The summed E-state index contributed by atoms with van der Waals surface area (Å²) in [4.78, 5) is 15.8. The van der Waals surface area contributed by atoms with Crippen LogP contribution < -0.4 is 0 Å². The van der Waals surface area contributed by atoms with Gasteiger partial charge in [-0.15, -0.1) is 0 Å². The minimum Gasteiger partial charge on any atom is -0.461 e. The standard InChI is InChI=1S/C12H8BrNO2/c13-9-1-2-10-8(6-9)5-7-3-4-16-12(15)11(7)14-10/h1-2,5-6H,3-4H2. The van der Waals surface area contributed by atoms with Crippen LogP contribution in [0, 0.1) is 0 Å². The Balaban J connectivity index is 2.30. The summed E-state index contributed by atoms with van der Waals surface area (Å²) < 4.78 is 5.98. The van der Waals surface area contributed by atoms with E-state index < -0.39 is 0 Å². The van der Waals surface area contributed by atoms with E-state index >= 15 is 0 Å². The van der Waals surface area contributed by atoms with E-state index in [1.54, 1.807) is 0 Å². The summed E-state index contributed by atoms with van der Waals surface area (Å²) in [5.74, 6) is -0.314. The van der Waals surface area contributed by atoms with Gasteiger partial charge < -0.3 is 4.74 Å². The van der Waals surface area contributed by atoms with Gasteiger partial charge in [-0.2, -0.15) is 0 Å². The number of rotatable bonds is 0. The van der Waals surface area contributed by atoms with Gasteiger partial charge in [-0.05, 0) is 29.8 Å². The molecular weight excluding hydrogens is 270 g/mol. The maximum atomic E-state index is 11.5. The topological polar surface area (TPSA) is 39.2 Å². The van der Waals surface area contributed by atoms with Crippen molar-refractivity contribution in [3.8, 4) is 0 Å². The Hall–Kier alpha value is -1.42. The number of nitrogens with zero attached hydrogens (tertiary/aromatic N) is 1. The number of halogens is 1. The molecule has 80 valence electrons. The molecule has 1 aliphatic heterocycles. The average Bonchev–Trinajstić information content (AvgIpc) is 2.27. The molecule has 2 aromatic rings. The SMILES string of the molecule is O=C1OCCc2cc3cc(Br)ccc3nc21. The van der Waals surface area contributed by atoms with Crippen molar-refractivity contribution in [1.29, 1.82) is 0 Å². The Bertz CT molecular complexity index is 595. The van der Waals surface area contributed by atoms with Gasteiger partial charge in [0, 0.05) is 16.3 Å². The third-order valence-electron chi connectivity index (χ3n) is 2.65. The van der Waals surface area contributed by atoms with Crippen molar-refractivity contribution in [2.45, 2.75) is 6.42 Å². The molecule has 0 spiro atoms. The van der Waals surface area contributed by atoms with Crippen LogP contribution in [0.1, 0.15) is 16.1 Å². The van der Waals surface area contributed by atoms with Crippen LogP contribution in [0.5, 0.6) is 0 Å². The van der Waals surface area contributed by atoms with E-state index in [0.29, 0.717) is 12.3 Å². The molecule has 3 nitrogen and oxygen atoms in total. The van der Waals surface area contributed by atoms with E-state index in [4.69, 9.17) is 4.74 Å². The number of carbonyl (C=O) groups is 1. The molecule has 0 radical (unpaired) electrons.